The highest BCUT2D eigenvalue weighted by molar-refractivity contribution is 7.94. The van der Waals surface area contributed by atoms with E-state index in [4.69, 9.17) is 11.6 Å². The number of sulfone groups is 1. The molecule has 0 bridgehead atoms. The smallest absolute Gasteiger partial charge is 0.270 e. The van der Waals surface area contributed by atoms with Crippen LogP contribution in [0, 0.1) is 0 Å². The summed E-state index contributed by atoms with van der Waals surface area (Å²) >= 11 is 5.42. The number of rotatable bonds is 2. The van der Waals surface area contributed by atoms with Gasteiger partial charge in [0.1, 0.15) is 5.02 Å². The van der Waals surface area contributed by atoms with Crippen LogP contribution in [0.3, 0.4) is 0 Å². The van der Waals surface area contributed by atoms with Crippen molar-refractivity contribution in [3.63, 3.8) is 0 Å². The van der Waals surface area contributed by atoms with Crippen LogP contribution >= 0.6 is 11.6 Å². The lowest BCUT2D eigenvalue weighted by molar-refractivity contribution is 0.600. The van der Waals surface area contributed by atoms with Crippen LogP contribution in [-0.4, -0.2) is 18.4 Å². The zero-order valence-electron chi connectivity index (χ0n) is 6.32. The molecule has 0 atom stereocenters. The van der Waals surface area contributed by atoms with Crippen molar-refractivity contribution in [3.05, 3.63) is 33.7 Å². The fourth-order valence-corrected chi connectivity index (χ4v) is 1.77. The molecule has 0 radical (unpaired) electrons. The van der Waals surface area contributed by atoms with Crippen molar-refractivity contribution in [1.29, 1.82) is 0 Å². The number of aromatic nitrogens is 2. The van der Waals surface area contributed by atoms with E-state index in [1.54, 1.807) is 0 Å². The predicted octanol–water partition coefficient (Wildman–Crippen LogP) is 0.340. The molecule has 0 spiro atoms. The van der Waals surface area contributed by atoms with Crippen LogP contribution in [0.5, 0.6) is 0 Å². The summed E-state index contributed by atoms with van der Waals surface area (Å²) in [6.07, 6.45) is 0.963. The lowest BCUT2D eigenvalue weighted by atomic mass is 10.7. The summed E-state index contributed by atoms with van der Waals surface area (Å²) < 4.78 is 22.3. The first-order valence-electron chi connectivity index (χ1n) is 3.09. The summed E-state index contributed by atoms with van der Waals surface area (Å²) in [7, 11) is -3.75. The molecule has 1 N–H and O–H groups in total. The van der Waals surface area contributed by atoms with Crippen LogP contribution in [0.4, 0.5) is 0 Å². The third-order valence-electron chi connectivity index (χ3n) is 1.25. The minimum absolute atomic E-state index is 0.456. The Labute approximate surface area is 79.0 Å². The van der Waals surface area contributed by atoms with Crippen LogP contribution < -0.4 is 5.56 Å². The third-order valence-corrected chi connectivity index (χ3v) is 3.00. The Morgan fingerprint density at radius 3 is 2.77 bits per heavy atom. The summed E-state index contributed by atoms with van der Waals surface area (Å²) in [6.45, 7) is 3.08. The second kappa shape index (κ2) is 3.31. The van der Waals surface area contributed by atoms with Crippen molar-refractivity contribution >= 4 is 21.4 Å². The number of hydrogen-bond donors (Lipinski definition) is 1. The van der Waals surface area contributed by atoms with Crippen molar-refractivity contribution in [3.8, 4) is 0 Å². The third kappa shape index (κ3) is 1.78. The molecule has 13 heavy (non-hydrogen) atoms. The highest BCUT2D eigenvalue weighted by Gasteiger charge is 2.17. The van der Waals surface area contributed by atoms with Gasteiger partial charge in [-0.25, -0.2) is 13.4 Å². The van der Waals surface area contributed by atoms with E-state index in [0.29, 0.717) is 5.41 Å². The van der Waals surface area contributed by atoms with Crippen LogP contribution in [0.25, 0.3) is 0 Å². The average Bonchev–Trinajstić information content (AvgIpc) is 2.09. The maximum absolute atomic E-state index is 11.2. The van der Waals surface area contributed by atoms with E-state index >= 15 is 0 Å². The van der Waals surface area contributed by atoms with E-state index in [1.807, 2.05) is 0 Å². The van der Waals surface area contributed by atoms with Gasteiger partial charge in [-0.05, 0) is 0 Å². The molecule has 1 rings (SSSR count). The molecule has 0 fully saturated rings. The minimum atomic E-state index is -3.75. The van der Waals surface area contributed by atoms with Gasteiger partial charge in [-0.2, -0.15) is 0 Å². The van der Waals surface area contributed by atoms with Crippen molar-refractivity contribution < 1.29 is 8.42 Å². The summed E-state index contributed by atoms with van der Waals surface area (Å²) in [5, 5.41) is -0.254. The van der Waals surface area contributed by atoms with Crippen molar-refractivity contribution in [2.24, 2.45) is 0 Å². The Morgan fingerprint density at radius 1 is 1.62 bits per heavy atom. The normalized spacial score (nSPS) is 11.2. The minimum Gasteiger partial charge on any atom is -0.312 e. The SMILES string of the molecule is C=CS(=O)(=O)c1nc[nH]c(=O)c1Cl. The van der Waals surface area contributed by atoms with E-state index in [2.05, 4.69) is 16.5 Å². The van der Waals surface area contributed by atoms with E-state index in [9.17, 15) is 13.2 Å². The molecule has 0 aromatic carbocycles. The van der Waals surface area contributed by atoms with Gasteiger partial charge in [-0.3, -0.25) is 4.79 Å². The molecule has 0 aliphatic carbocycles. The number of nitrogens with zero attached hydrogens (tertiary/aromatic N) is 1. The van der Waals surface area contributed by atoms with Gasteiger partial charge < -0.3 is 4.98 Å². The molecule has 70 valence electrons. The average molecular weight is 221 g/mol. The van der Waals surface area contributed by atoms with Crippen LogP contribution in [0.2, 0.25) is 5.02 Å². The first kappa shape index (κ1) is 9.94. The second-order valence-corrected chi connectivity index (χ2v) is 4.25. The molecule has 0 saturated heterocycles. The molecule has 0 aliphatic rings. The van der Waals surface area contributed by atoms with E-state index < -0.39 is 25.4 Å². The van der Waals surface area contributed by atoms with Crippen LogP contribution in [0.1, 0.15) is 0 Å². The molecular formula is C6H5ClN2O3S. The van der Waals surface area contributed by atoms with Gasteiger partial charge in [0, 0.05) is 5.41 Å². The van der Waals surface area contributed by atoms with Gasteiger partial charge in [0.2, 0.25) is 9.84 Å². The van der Waals surface area contributed by atoms with E-state index in [0.717, 1.165) is 6.33 Å². The van der Waals surface area contributed by atoms with E-state index in [1.165, 1.54) is 0 Å². The Kier molecular flexibility index (Phi) is 2.53. The van der Waals surface area contributed by atoms with Gasteiger partial charge in [-0.1, -0.05) is 18.2 Å². The largest absolute Gasteiger partial charge is 0.312 e. The maximum atomic E-state index is 11.2. The number of halogens is 1. The van der Waals surface area contributed by atoms with Crippen molar-refractivity contribution in [1.82, 2.24) is 9.97 Å². The highest BCUT2D eigenvalue weighted by atomic mass is 35.5. The zero-order valence-corrected chi connectivity index (χ0v) is 7.89. The Balaban J connectivity index is 3.58. The Bertz CT molecular complexity index is 491. The molecule has 1 aromatic heterocycles. The zero-order chi connectivity index (χ0) is 10.1. The number of nitrogens with one attached hydrogen (secondary N) is 1. The number of hydrogen-bond acceptors (Lipinski definition) is 4. The summed E-state index contributed by atoms with van der Waals surface area (Å²) in [4.78, 5) is 16.4. The molecule has 1 heterocycles. The molecule has 0 aliphatic heterocycles. The maximum Gasteiger partial charge on any atom is 0.270 e. The molecule has 7 heteroatoms. The lowest BCUT2D eigenvalue weighted by Gasteiger charge is -1.97. The highest BCUT2D eigenvalue weighted by Crippen LogP contribution is 2.14. The summed E-state index contributed by atoms with van der Waals surface area (Å²) in [5.41, 5.74) is -0.697. The van der Waals surface area contributed by atoms with Crippen molar-refractivity contribution in [2.45, 2.75) is 5.03 Å². The molecule has 0 unspecified atom stereocenters. The molecule has 5 nitrogen and oxygen atoms in total. The predicted molar refractivity (Wildman–Crippen MR) is 47.3 cm³/mol. The Hall–Kier alpha value is -1.14. The van der Waals surface area contributed by atoms with Crippen LogP contribution in [0.15, 0.2) is 28.1 Å². The standard InChI is InChI=1S/C6H5ClN2O3S/c1-2-13(11,12)6-4(7)5(10)8-3-9-6/h2-3H,1H2,(H,8,9,10). The number of H-pyrrole nitrogens is 1. The first-order valence-corrected chi connectivity index (χ1v) is 5.02. The molecule has 0 amide bonds. The lowest BCUT2D eigenvalue weighted by Crippen LogP contribution is -2.12. The monoisotopic (exact) mass is 220 g/mol. The summed E-state index contributed by atoms with van der Waals surface area (Å²) in [5.74, 6) is 0. The van der Waals surface area contributed by atoms with Gasteiger partial charge >= 0.3 is 0 Å². The van der Waals surface area contributed by atoms with Crippen LogP contribution in [-0.2, 0) is 9.84 Å². The van der Waals surface area contributed by atoms with Gasteiger partial charge in [0.25, 0.3) is 5.56 Å². The van der Waals surface area contributed by atoms with E-state index in [-0.39, 0.29) is 0 Å². The topological polar surface area (TPSA) is 79.9 Å². The van der Waals surface area contributed by atoms with Crippen molar-refractivity contribution in [2.75, 3.05) is 0 Å². The van der Waals surface area contributed by atoms with Gasteiger partial charge in [0.05, 0.1) is 6.33 Å². The fraction of sp³-hybridized carbons (Fsp3) is 0. The Morgan fingerprint density at radius 2 is 2.23 bits per heavy atom. The van der Waals surface area contributed by atoms with Gasteiger partial charge in [-0.15, -0.1) is 0 Å². The first-order chi connectivity index (χ1) is 5.99. The second-order valence-electron chi connectivity index (χ2n) is 2.06. The number of aromatic amines is 1. The molecule has 0 saturated carbocycles. The fourth-order valence-electron chi connectivity index (χ4n) is 0.644. The summed E-state index contributed by atoms with van der Waals surface area (Å²) in [6, 6.07) is 0. The molecular weight excluding hydrogens is 216 g/mol. The quantitative estimate of drug-likeness (QED) is 0.729. The molecule has 1 aromatic rings. The van der Waals surface area contributed by atoms with Gasteiger partial charge in [0.15, 0.2) is 5.03 Å².